The van der Waals surface area contributed by atoms with Crippen LogP contribution in [0.25, 0.3) is 0 Å². The van der Waals surface area contributed by atoms with Gasteiger partial charge >= 0.3 is 0 Å². The number of thiazole rings is 1. The van der Waals surface area contributed by atoms with E-state index in [1.807, 2.05) is 10.3 Å². The Bertz CT molecular complexity index is 528. The molecule has 1 aromatic rings. The Balaban J connectivity index is 1.59. The molecule has 1 atom stereocenters. The maximum absolute atomic E-state index is 12.8. The van der Waals surface area contributed by atoms with E-state index < -0.39 is 0 Å². The highest BCUT2D eigenvalue weighted by Gasteiger charge is 2.26. The average molecular weight is 352 g/mol. The van der Waals surface area contributed by atoms with E-state index in [9.17, 15) is 4.79 Å². The van der Waals surface area contributed by atoms with Crippen LogP contribution < -0.4 is 0 Å². The summed E-state index contributed by atoms with van der Waals surface area (Å²) < 4.78 is 6.01. The second kappa shape index (κ2) is 8.92. The number of rotatable bonds is 5. The molecule has 2 saturated heterocycles. The van der Waals surface area contributed by atoms with Crippen LogP contribution in [0.4, 0.5) is 0 Å². The maximum Gasteiger partial charge on any atom is 0.273 e. The van der Waals surface area contributed by atoms with Gasteiger partial charge in [0.15, 0.2) is 0 Å². The molecular weight excluding hydrogens is 322 g/mol. The van der Waals surface area contributed by atoms with Crippen molar-refractivity contribution >= 4 is 17.2 Å². The lowest BCUT2D eigenvalue weighted by molar-refractivity contribution is 0.0215. The van der Waals surface area contributed by atoms with Gasteiger partial charge in [-0.3, -0.25) is 4.79 Å². The van der Waals surface area contributed by atoms with E-state index in [2.05, 4.69) is 16.8 Å². The number of likely N-dealkylation sites (tertiary alicyclic amines) is 1. The van der Waals surface area contributed by atoms with E-state index in [0.717, 1.165) is 44.0 Å². The van der Waals surface area contributed by atoms with Crippen LogP contribution in [0.5, 0.6) is 0 Å². The van der Waals surface area contributed by atoms with Gasteiger partial charge in [-0.05, 0) is 45.2 Å². The normalized spacial score (nSPS) is 23.2. The van der Waals surface area contributed by atoms with Crippen LogP contribution in [-0.4, -0.2) is 66.1 Å². The number of hydrogen-bond acceptors (Lipinski definition) is 5. The van der Waals surface area contributed by atoms with Crippen LogP contribution in [0.3, 0.4) is 0 Å². The number of aryl methyl sites for hydroxylation is 1. The van der Waals surface area contributed by atoms with Crippen molar-refractivity contribution < 1.29 is 9.53 Å². The smallest absolute Gasteiger partial charge is 0.273 e. The van der Waals surface area contributed by atoms with Gasteiger partial charge in [0.2, 0.25) is 0 Å². The lowest BCUT2D eigenvalue weighted by Crippen LogP contribution is -2.44. The fraction of sp³-hybridized carbons (Fsp3) is 0.778. The van der Waals surface area contributed by atoms with Crippen molar-refractivity contribution in [3.05, 3.63) is 16.1 Å². The molecule has 0 aliphatic carbocycles. The summed E-state index contributed by atoms with van der Waals surface area (Å²) in [5.74, 6) is 0.0720. The first-order valence-electron chi connectivity index (χ1n) is 9.34. The lowest BCUT2D eigenvalue weighted by Gasteiger charge is -2.31. The molecule has 0 radical (unpaired) electrons. The number of ether oxygens (including phenoxy) is 1. The summed E-state index contributed by atoms with van der Waals surface area (Å²) >= 11 is 1.60. The van der Waals surface area contributed by atoms with Crippen molar-refractivity contribution in [3.63, 3.8) is 0 Å². The zero-order valence-electron chi connectivity index (χ0n) is 14.7. The minimum Gasteiger partial charge on any atom is -0.375 e. The van der Waals surface area contributed by atoms with Crippen molar-refractivity contribution in [1.29, 1.82) is 0 Å². The second-order valence-electron chi connectivity index (χ2n) is 6.84. The van der Waals surface area contributed by atoms with Gasteiger partial charge in [0.05, 0.1) is 11.1 Å². The van der Waals surface area contributed by atoms with E-state index in [1.165, 1.54) is 32.4 Å². The Morgan fingerprint density at radius 1 is 1.29 bits per heavy atom. The molecule has 3 rings (SSSR count). The zero-order valence-corrected chi connectivity index (χ0v) is 15.5. The van der Waals surface area contributed by atoms with Gasteiger partial charge in [-0.25, -0.2) is 4.98 Å². The predicted molar refractivity (Wildman–Crippen MR) is 96.7 cm³/mol. The summed E-state index contributed by atoms with van der Waals surface area (Å²) in [7, 11) is 0. The summed E-state index contributed by atoms with van der Waals surface area (Å²) in [5.41, 5.74) is 0.613. The van der Waals surface area contributed by atoms with Crippen LogP contribution in [-0.2, 0) is 11.2 Å². The number of piperidine rings is 1. The van der Waals surface area contributed by atoms with E-state index in [4.69, 9.17) is 4.74 Å². The van der Waals surface area contributed by atoms with Crippen LogP contribution in [0.15, 0.2) is 5.38 Å². The molecule has 0 spiro atoms. The number of amides is 1. The third kappa shape index (κ3) is 4.77. The number of nitrogens with zero attached hydrogens (tertiary/aromatic N) is 3. The Hall–Kier alpha value is -0.980. The van der Waals surface area contributed by atoms with Crippen LogP contribution in [0, 0.1) is 0 Å². The van der Waals surface area contributed by atoms with Crippen molar-refractivity contribution in [2.75, 3.05) is 39.3 Å². The molecule has 1 unspecified atom stereocenters. The Morgan fingerprint density at radius 3 is 2.92 bits per heavy atom. The molecule has 3 heterocycles. The minimum absolute atomic E-state index is 0.0720. The summed E-state index contributed by atoms with van der Waals surface area (Å²) in [6, 6.07) is 0. The predicted octanol–water partition coefficient (Wildman–Crippen LogP) is 2.81. The molecule has 2 aliphatic heterocycles. The molecular formula is C18H29N3O2S. The highest BCUT2D eigenvalue weighted by molar-refractivity contribution is 7.09. The first kappa shape index (κ1) is 17.8. The van der Waals surface area contributed by atoms with E-state index in [-0.39, 0.29) is 12.0 Å². The largest absolute Gasteiger partial charge is 0.375 e. The SMILES string of the molecule is CCCc1nc(C(=O)N2CCCOC(CN3CCCCC3)C2)cs1. The summed E-state index contributed by atoms with van der Waals surface area (Å²) in [6.45, 7) is 7.63. The van der Waals surface area contributed by atoms with E-state index >= 15 is 0 Å². The fourth-order valence-corrected chi connectivity index (χ4v) is 4.39. The Labute approximate surface area is 149 Å². The molecule has 1 amide bonds. The van der Waals surface area contributed by atoms with Gasteiger partial charge in [0.25, 0.3) is 5.91 Å². The highest BCUT2D eigenvalue weighted by Crippen LogP contribution is 2.17. The van der Waals surface area contributed by atoms with E-state index in [0.29, 0.717) is 12.2 Å². The summed E-state index contributed by atoms with van der Waals surface area (Å²) in [6.07, 6.45) is 6.98. The monoisotopic (exact) mass is 351 g/mol. The molecule has 24 heavy (non-hydrogen) atoms. The van der Waals surface area contributed by atoms with Crippen molar-refractivity contribution in [3.8, 4) is 0 Å². The Morgan fingerprint density at radius 2 is 2.12 bits per heavy atom. The van der Waals surface area contributed by atoms with Crippen molar-refractivity contribution in [1.82, 2.24) is 14.8 Å². The molecule has 0 bridgehead atoms. The molecule has 5 nitrogen and oxygen atoms in total. The number of carbonyl (C=O) groups excluding carboxylic acids is 1. The third-order valence-corrected chi connectivity index (χ3v) is 5.69. The van der Waals surface area contributed by atoms with Crippen molar-refractivity contribution in [2.45, 2.75) is 51.6 Å². The maximum atomic E-state index is 12.8. The molecule has 0 N–H and O–H groups in total. The third-order valence-electron chi connectivity index (χ3n) is 4.78. The molecule has 2 fully saturated rings. The number of carbonyl (C=O) groups is 1. The topological polar surface area (TPSA) is 45.7 Å². The Kier molecular flexibility index (Phi) is 6.63. The molecule has 6 heteroatoms. The molecule has 1 aromatic heterocycles. The van der Waals surface area contributed by atoms with Gasteiger partial charge in [-0.15, -0.1) is 11.3 Å². The van der Waals surface area contributed by atoms with Gasteiger partial charge in [0, 0.05) is 31.6 Å². The molecule has 2 aliphatic rings. The quantitative estimate of drug-likeness (QED) is 0.818. The first-order chi connectivity index (χ1) is 11.8. The fourth-order valence-electron chi connectivity index (χ4n) is 3.52. The summed E-state index contributed by atoms with van der Waals surface area (Å²) in [4.78, 5) is 21.8. The van der Waals surface area contributed by atoms with Crippen LogP contribution in [0.2, 0.25) is 0 Å². The minimum atomic E-state index is 0.0720. The molecule has 0 aromatic carbocycles. The second-order valence-corrected chi connectivity index (χ2v) is 7.78. The first-order valence-corrected chi connectivity index (χ1v) is 10.2. The zero-order chi connectivity index (χ0) is 16.8. The van der Waals surface area contributed by atoms with Gasteiger partial charge in [-0.1, -0.05) is 13.3 Å². The standard InChI is InChI=1S/C18H29N3O2S/c1-2-7-17-19-16(14-24-17)18(22)21-10-6-11-23-15(13-21)12-20-8-4-3-5-9-20/h14-15H,2-13H2,1H3. The van der Waals surface area contributed by atoms with Gasteiger partial charge < -0.3 is 14.5 Å². The molecule has 0 saturated carbocycles. The average Bonchev–Trinajstić information content (AvgIpc) is 2.94. The summed E-state index contributed by atoms with van der Waals surface area (Å²) in [5, 5.41) is 2.98. The molecule has 134 valence electrons. The number of aromatic nitrogens is 1. The van der Waals surface area contributed by atoms with Gasteiger partial charge in [-0.2, -0.15) is 0 Å². The van der Waals surface area contributed by atoms with Gasteiger partial charge in [0.1, 0.15) is 5.69 Å². The number of hydrogen-bond donors (Lipinski definition) is 0. The van der Waals surface area contributed by atoms with Crippen molar-refractivity contribution in [2.24, 2.45) is 0 Å². The van der Waals surface area contributed by atoms with Crippen LogP contribution >= 0.6 is 11.3 Å². The lowest BCUT2D eigenvalue weighted by atomic mass is 10.1. The highest BCUT2D eigenvalue weighted by atomic mass is 32.1. The van der Waals surface area contributed by atoms with E-state index in [1.54, 1.807) is 11.3 Å². The van der Waals surface area contributed by atoms with Crippen LogP contribution in [0.1, 0.15) is 54.5 Å².